The van der Waals surface area contributed by atoms with E-state index in [9.17, 15) is 0 Å². The summed E-state index contributed by atoms with van der Waals surface area (Å²) in [6, 6.07) is 8.68. The summed E-state index contributed by atoms with van der Waals surface area (Å²) in [6.07, 6.45) is 6.88. The van der Waals surface area contributed by atoms with E-state index in [1.165, 1.54) is 42.1 Å². The summed E-state index contributed by atoms with van der Waals surface area (Å²) in [5.74, 6) is 0. The average molecular weight is 253 g/mol. The van der Waals surface area contributed by atoms with Gasteiger partial charge in [0.15, 0.2) is 0 Å². The fraction of sp³-hybridized carbons (Fsp3) is 0.538. The van der Waals surface area contributed by atoms with E-state index in [1.54, 1.807) is 0 Å². The van der Waals surface area contributed by atoms with Crippen LogP contribution in [0.15, 0.2) is 28.7 Å². The van der Waals surface area contributed by atoms with Crippen LogP contribution in [0.4, 0.5) is 0 Å². The quantitative estimate of drug-likeness (QED) is 0.682. The van der Waals surface area contributed by atoms with E-state index >= 15 is 0 Å². The second-order valence-electron chi connectivity index (χ2n) is 4.60. The van der Waals surface area contributed by atoms with Crippen molar-refractivity contribution < 1.29 is 0 Å². The lowest BCUT2D eigenvalue weighted by molar-refractivity contribution is 0.318. The van der Waals surface area contributed by atoms with Crippen molar-refractivity contribution in [2.45, 2.75) is 44.4 Å². The van der Waals surface area contributed by atoms with Crippen LogP contribution in [0.2, 0.25) is 0 Å². The van der Waals surface area contributed by atoms with E-state index in [1.807, 2.05) is 0 Å². The van der Waals surface area contributed by atoms with Crippen molar-refractivity contribution in [1.82, 2.24) is 0 Å². The van der Waals surface area contributed by atoms with Crippen molar-refractivity contribution in [3.8, 4) is 0 Å². The maximum atomic E-state index is 3.67. The van der Waals surface area contributed by atoms with E-state index in [0.717, 1.165) is 0 Å². The molecule has 0 aliphatic heterocycles. The summed E-state index contributed by atoms with van der Waals surface area (Å²) in [7, 11) is 0. The highest BCUT2D eigenvalue weighted by molar-refractivity contribution is 9.10. The van der Waals surface area contributed by atoms with Gasteiger partial charge in [-0.2, -0.15) is 0 Å². The van der Waals surface area contributed by atoms with Gasteiger partial charge in [0.25, 0.3) is 0 Å². The van der Waals surface area contributed by atoms with E-state index in [-0.39, 0.29) is 0 Å². The standard InChI is InChI=1S/C13H17Br/c1-13(9-5-2-6-10-13)11-7-3-4-8-12(11)14/h3-4,7-8H,2,5-6,9-10H2,1H3. The zero-order chi connectivity index (χ0) is 10.0. The smallest absolute Gasteiger partial charge is 0.0212 e. The third-order valence-corrected chi connectivity index (χ3v) is 4.17. The van der Waals surface area contributed by atoms with Crippen LogP contribution in [0.1, 0.15) is 44.6 Å². The summed E-state index contributed by atoms with van der Waals surface area (Å²) < 4.78 is 1.28. The Morgan fingerprint density at radius 2 is 1.71 bits per heavy atom. The van der Waals surface area contributed by atoms with E-state index in [0.29, 0.717) is 5.41 Å². The molecule has 14 heavy (non-hydrogen) atoms. The van der Waals surface area contributed by atoms with Crippen LogP contribution in [-0.4, -0.2) is 0 Å². The third kappa shape index (κ3) is 1.88. The zero-order valence-corrected chi connectivity index (χ0v) is 10.3. The predicted octanol–water partition coefficient (Wildman–Crippen LogP) is 4.67. The normalized spacial score (nSPS) is 20.7. The first-order valence-electron chi connectivity index (χ1n) is 5.47. The zero-order valence-electron chi connectivity index (χ0n) is 8.72. The summed E-state index contributed by atoms with van der Waals surface area (Å²) in [4.78, 5) is 0. The Hall–Kier alpha value is -0.300. The lowest BCUT2D eigenvalue weighted by Gasteiger charge is -2.34. The van der Waals surface area contributed by atoms with Gasteiger partial charge < -0.3 is 0 Å². The van der Waals surface area contributed by atoms with Crippen LogP contribution in [-0.2, 0) is 5.41 Å². The minimum absolute atomic E-state index is 0.415. The molecule has 2 rings (SSSR count). The molecule has 1 fully saturated rings. The van der Waals surface area contributed by atoms with Gasteiger partial charge in [0.1, 0.15) is 0 Å². The Bertz CT molecular complexity index is 311. The lowest BCUT2D eigenvalue weighted by atomic mass is 9.71. The van der Waals surface area contributed by atoms with Crippen molar-refractivity contribution in [2.24, 2.45) is 0 Å². The van der Waals surface area contributed by atoms with Crippen molar-refractivity contribution in [3.63, 3.8) is 0 Å². The first-order valence-corrected chi connectivity index (χ1v) is 6.27. The minimum atomic E-state index is 0.415. The van der Waals surface area contributed by atoms with Gasteiger partial charge in [0.05, 0.1) is 0 Å². The average Bonchev–Trinajstić information content (AvgIpc) is 2.19. The predicted molar refractivity (Wildman–Crippen MR) is 64.6 cm³/mol. The minimum Gasteiger partial charge on any atom is -0.0619 e. The molecule has 0 bridgehead atoms. The van der Waals surface area contributed by atoms with Crippen LogP contribution in [0.5, 0.6) is 0 Å². The SMILES string of the molecule is CC1(c2ccccc2Br)CCCCC1. The van der Waals surface area contributed by atoms with Crippen LogP contribution in [0.25, 0.3) is 0 Å². The van der Waals surface area contributed by atoms with Gasteiger partial charge in [-0.3, -0.25) is 0 Å². The number of rotatable bonds is 1. The molecule has 1 aliphatic carbocycles. The molecule has 0 heterocycles. The molecule has 0 atom stereocenters. The lowest BCUT2D eigenvalue weighted by Crippen LogP contribution is -2.25. The Morgan fingerprint density at radius 1 is 1.07 bits per heavy atom. The molecule has 0 spiro atoms. The molecule has 0 aromatic heterocycles. The fourth-order valence-electron chi connectivity index (χ4n) is 2.55. The molecular weight excluding hydrogens is 236 g/mol. The molecule has 1 aromatic carbocycles. The summed E-state index contributed by atoms with van der Waals surface area (Å²) >= 11 is 3.67. The van der Waals surface area contributed by atoms with Crippen LogP contribution >= 0.6 is 15.9 Å². The number of benzene rings is 1. The highest BCUT2D eigenvalue weighted by atomic mass is 79.9. The first kappa shape index (κ1) is 10.2. The molecular formula is C13H17Br. The van der Waals surface area contributed by atoms with E-state index < -0.39 is 0 Å². The number of hydrogen-bond acceptors (Lipinski definition) is 0. The molecule has 1 saturated carbocycles. The number of hydrogen-bond donors (Lipinski definition) is 0. The van der Waals surface area contributed by atoms with Crippen molar-refractivity contribution in [1.29, 1.82) is 0 Å². The van der Waals surface area contributed by atoms with Crippen molar-refractivity contribution >= 4 is 15.9 Å². The third-order valence-electron chi connectivity index (χ3n) is 3.48. The van der Waals surface area contributed by atoms with Crippen LogP contribution in [0, 0.1) is 0 Å². The second kappa shape index (κ2) is 4.06. The van der Waals surface area contributed by atoms with Gasteiger partial charge in [0.2, 0.25) is 0 Å². The summed E-state index contributed by atoms with van der Waals surface area (Å²) in [5.41, 5.74) is 1.91. The molecule has 1 aromatic rings. The van der Waals surface area contributed by atoms with Crippen LogP contribution < -0.4 is 0 Å². The Balaban J connectivity index is 2.32. The highest BCUT2D eigenvalue weighted by Gasteiger charge is 2.29. The fourth-order valence-corrected chi connectivity index (χ4v) is 3.32. The Kier molecular flexibility index (Phi) is 2.96. The molecule has 0 amide bonds. The van der Waals surface area contributed by atoms with Gasteiger partial charge >= 0.3 is 0 Å². The maximum absolute atomic E-state index is 3.67. The molecule has 76 valence electrons. The Morgan fingerprint density at radius 3 is 2.36 bits per heavy atom. The summed E-state index contributed by atoms with van der Waals surface area (Å²) in [6.45, 7) is 2.41. The van der Waals surface area contributed by atoms with Crippen molar-refractivity contribution in [3.05, 3.63) is 34.3 Å². The van der Waals surface area contributed by atoms with Crippen molar-refractivity contribution in [2.75, 3.05) is 0 Å². The van der Waals surface area contributed by atoms with E-state index in [4.69, 9.17) is 0 Å². The first-order chi connectivity index (χ1) is 6.72. The molecule has 0 nitrogen and oxygen atoms in total. The van der Waals surface area contributed by atoms with Gasteiger partial charge in [-0.15, -0.1) is 0 Å². The van der Waals surface area contributed by atoms with Gasteiger partial charge in [-0.25, -0.2) is 0 Å². The topological polar surface area (TPSA) is 0 Å². The molecule has 0 saturated heterocycles. The molecule has 0 unspecified atom stereocenters. The molecule has 1 aliphatic rings. The Labute approximate surface area is 94.8 Å². The van der Waals surface area contributed by atoms with Gasteiger partial charge in [-0.1, -0.05) is 60.3 Å². The summed E-state index contributed by atoms with van der Waals surface area (Å²) in [5, 5.41) is 0. The number of halogens is 1. The molecule has 0 N–H and O–H groups in total. The monoisotopic (exact) mass is 252 g/mol. The largest absolute Gasteiger partial charge is 0.0619 e. The molecule has 1 heteroatoms. The van der Waals surface area contributed by atoms with Crippen LogP contribution in [0.3, 0.4) is 0 Å². The van der Waals surface area contributed by atoms with Gasteiger partial charge in [-0.05, 0) is 29.9 Å². The van der Waals surface area contributed by atoms with E-state index in [2.05, 4.69) is 47.1 Å². The maximum Gasteiger partial charge on any atom is 0.0212 e. The highest BCUT2D eigenvalue weighted by Crippen LogP contribution is 2.41. The van der Waals surface area contributed by atoms with Gasteiger partial charge in [0, 0.05) is 4.47 Å². The molecule has 0 radical (unpaired) electrons. The second-order valence-corrected chi connectivity index (χ2v) is 5.46.